The van der Waals surface area contributed by atoms with Gasteiger partial charge in [-0.1, -0.05) is 0 Å². The molecule has 0 fully saturated rings. The van der Waals surface area contributed by atoms with Crippen molar-refractivity contribution in [3.05, 3.63) is 24.0 Å². The molecule has 0 radical (unpaired) electrons. The molecule has 1 amide bonds. The molecule has 2 heterocycles. The molecule has 0 aliphatic heterocycles. The molecule has 0 aromatic carbocycles. The van der Waals surface area contributed by atoms with E-state index in [0.717, 1.165) is 6.92 Å². The monoisotopic (exact) mass is 285 g/mol. The van der Waals surface area contributed by atoms with Crippen molar-refractivity contribution in [3.63, 3.8) is 0 Å². The third-order valence-electron chi connectivity index (χ3n) is 2.31. The van der Waals surface area contributed by atoms with E-state index in [1.165, 1.54) is 24.0 Å². The number of nitrogens with zero attached hydrogens (tertiary/aromatic N) is 3. The van der Waals surface area contributed by atoms with Gasteiger partial charge in [-0.25, -0.2) is 8.78 Å². The fourth-order valence-electron chi connectivity index (χ4n) is 1.44. The van der Waals surface area contributed by atoms with Crippen LogP contribution in [-0.2, 0) is 7.05 Å². The van der Waals surface area contributed by atoms with Crippen molar-refractivity contribution in [3.8, 4) is 5.88 Å². The predicted molar refractivity (Wildman–Crippen MR) is 65.9 cm³/mol. The molecule has 0 aliphatic rings. The zero-order valence-corrected chi connectivity index (χ0v) is 10.9. The second kappa shape index (κ2) is 5.27. The molecule has 20 heavy (non-hydrogen) atoms. The van der Waals surface area contributed by atoms with Gasteiger partial charge in [-0.3, -0.25) is 14.6 Å². The molecule has 0 bridgehead atoms. The molecular weight excluding hydrogens is 272 g/mol. The minimum absolute atomic E-state index is 0.0382. The second-order valence-corrected chi connectivity index (χ2v) is 4.27. The maximum absolute atomic E-state index is 12.7. The topological polar surface area (TPSA) is 84.8 Å². The van der Waals surface area contributed by atoms with Crippen LogP contribution in [0.5, 0.6) is 5.88 Å². The van der Waals surface area contributed by atoms with Gasteiger partial charge in [0.05, 0.1) is 6.20 Å². The minimum atomic E-state index is -2.96. The molecule has 0 aliphatic carbocycles. The van der Waals surface area contributed by atoms with Crippen LogP contribution >= 0.6 is 0 Å². The summed E-state index contributed by atoms with van der Waals surface area (Å²) in [7, 11) is 1.51. The summed E-state index contributed by atoms with van der Waals surface area (Å²) in [5.41, 5.74) is 0.175. The summed E-state index contributed by atoms with van der Waals surface area (Å²) in [4.78, 5) is 11.9. The van der Waals surface area contributed by atoms with Crippen LogP contribution in [0.15, 0.2) is 18.3 Å². The molecule has 2 aromatic rings. The van der Waals surface area contributed by atoms with Crippen molar-refractivity contribution >= 4 is 11.7 Å². The summed E-state index contributed by atoms with van der Waals surface area (Å²) in [5.74, 6) is -3.04. The lowest BCUT2D eigenvalue weighted by Gasteiger charge is -2.09. The van der Waals surface area contributed by atoms with E-state index in [1.54, 1.807) is 6.07 Å². The predicted octanol–water partition coefficient (Wildman–Crippen LogP) is 1.43. The molecule has 2 aromatic heterocycles. The average molecular weight is 285 g/mol. The maximum atomic E-state index is 12.7. The van der Waals surface area contributed by atoms with Gasteiger partial charge in [-0.05, 0) is 0 Å². The number of H-pyrrole nitrogens is 1. The molecule has 7 nitrogen and oxygen atoms in total. The summed E-state index contributed by atoms with van der Waals surface area (Å²) in [6, 6.07) is 2.86. The van der Waals surface area contributed by atoms with Gasteiger partial charge in [-0.15, -0.1) is 5.10 Å². The molecule has 0 unspecified atom stereocenters. The largest absolute Gasteiger partial charge is 0.470 e. The number of halogens is 2. The van der Waals surface area contributed by atoms with Crippen LogP contribution < -0.4 is 10.1 Å². The number of rotatable bonds is 5. The van der Waals surface area contributed by atoms with Crippen molar-refractivity contribution in [2.75, 3.05) is 11.9 Å². The van der Waals surface area contributed by atoms with Gasteiger partial charge in [0.15, 0.2) is 6.61 Å². The Hall–Kier alpha value is -2.45. The first-order valence-corrected chi connectivity index (χ1v) is 5.70. The fourth-order valence-corrected chi connectivity index (χ4v) is 1.44. The molecule has 0 saturated heterocycles. The minimum Gasteiger partial charge on any atom is -0.470 e. The molecule has 0 saturated carbocycles. The number of amides is 1. The van der Waals surface area contributed by atoms with Gasteiger partial charge < -0.3 is 10.1 Å². The lowest BCUT2D eigenvalue weighted by molar-refractivity contribution is -0.0243. The zero-order chi connectivity index (χ0) is 14.8. The summed E-state index contributed by atoms with van der Waals surface area (Å²) < 4.78 is 31.4. The first-order valence-electron chi connectivity index (χ1n) is 5.70. The number of hydrogen-bond donors (Lipinski definition) is 2. The third kappa shape index (κ3) is 3.53. The number of ether oxygens (including phenoxy) is 1. The Balaban J connectivity index is 2.05. The van der Waals surface area contributed by atoms with Gasteiger partial charge in [0.2, 0.25) is 5.88 Å². The van der Waals surface area contributed by atoms with Gasteiger partial charge in [-0.2, -0.15) is 5.10 Å². The van der Waals surface area contributed by atoms with Crippen LogP contribution in [0.1, 0.15) is 17.4 Å². The molecule has 9 heteroatoms. The van der Waals surface area contributed by atoms with Crippen molar-refractivity contribution in [2.24, 2.45) is 7.05 Å². The van der Waals surface area contributed by atoms with Gasteiger partial charge in [0.1, 0.15) is 11.5 Å². The average Bonchev–Trinajstić information content (AvgIpc) is 2.95. The quantitative estimate of drug-likeness (QED) is 0.870. The number of anilines is 1. The van der Waals surface area contributed by atoms with E-state index in [4.69, 9.17) is 4.74 Å². The Morgan fingerprint density at radius 3 is 2.95 bits per heavy atom. The van der Waals surface area contributed by atoms with Crippen LogP contribution in [0.25, 0.3) is 0 Å². The first-order chi connectivity index (χ1) is 9.35. The Bertz CT molecular complexity index is 588. The van der Waals surface area contributed by atoms with Crippen LogP contribution in [0.3, 0.4) is 0 Å². The number of hydrogen-bond acceptors (Lipinski definition) is 4. The van der Waals surface area contributed by atoms with E-state index in [-0.39, 0.29) is 11.6 Å². The standard InChI is InChI=1S/C11H13F2N5O2/c1-11(12,13)6-20-9-5-7(18(2)17-9)10(19)15-8-3-4-14-16-8/h3-5H,6H2,1-2H3,(H2,14,15,16,19). The van der Waals surface area contributed by atoms with Crippen LogP contribution in [0.2, 0.25) is 0 Å². The van der Waals surface area contributed by atoms with E-state index in [2.05, 4.69) is 20.6 Å². The van der Waals surface area contributed by atoms with Crippen molar-refractivity contribution < 1.29 is 18.3 Å². The highest BCUT2D eigenvalue weighted by Crippen LogP contribution is 2.17. The van der Waals surface area contributed by atoms with Gasteiger partial charge in [0.25, 0.3) is 11.8 Å². The smallest absolute Gasteiger partial charge is 0.278 e. The Labute approximate surface area is 112 Å². The Kier molecular flexibility index (Phi) is 3.68. The highest BCUT2D eigenvalue weighted by Gasteiger charge is 2.23. The molecule has 0 atom stereocenters. The van der Waals surface area contributed by atoms with E-state index in [9.17, 15) is 13.6 Å². The molecule has 2 N–H and O–H groups in total. The normalized spacial score (nSPS) is 11.4. The fraction of sp³-hybridized carbons (Fsp3) is 0.364. The van der Waals surface area contributed by atoms with Crippen molar-refractivity contribution in [2.45, 2.75) is 12.8 Å². The zero-order valence-electron chi connectivity index (χ0n) is 10.9. The lowest BCUT2D eigenvalue weighted by atomic mass is 10.4. The molecular formula is C11H13F2N5O2. The lowest BCUT2D eigenvalue weighted by Crippen LogP contribution is -2.21. The van der Waals surface area contributed by atoms with E-state index in [0.29, 0.717) is 5.82 Å². The number of alkyl halides is 2. The number of nitrogens with one attached hydrogen (secondary N) is 2. The highest BCUT2D eigenvalue weighted by molar-refractivity contribution is 6.02. The molecule has 2 rings (SSSR count). The number of aryl methyl sites for hydroxylation is 1. The summed E-state index contributed by atoms with van der Waals surface area (Å²) in [6.45, 7) is -0.0621. The molecule has 0 spiro atoms. The summed E-state index contributed by atoms with van der Waals surface area (Å²) >= 11 is 0. The third-order valence-corrected chi connectivity index (χ3v) is 2.31. The van der Waals surface area contributed by atoms with Crippen molar-refractivity contribution in [1.29, 1.82) is 0 Å². The van der Waals surface area contributed by atoms with Crippen LogP contribution in [0.4, 0.5) is 14.6 Å². The number of carbonyl (C=O) groups is 1. The van der Waals surface area contributed by atoms with E-state index < -0.39 is 18.4 Å². The SMILES string of the molecule is Cn1nc(OCC(C)(F)F)cc1C(=O)Nc1ccn[nH]1. The van der Waals surface area contributed by atoms with E-state index in [1.807, 2.05) is 0 Å². The van der Waals surface area contributed by atoms with Crippen LogP contribution in [-0.4, -0.2) is 38.4 Å². The number of aromatic amines is 1. The Morgan fingerprint density at radius 2 is 2.35 bits per heavy atom. The van der Waals surface area contributed by atoms with Gasteiger partial charge >= 0.3 is 0 Å². The summed E-state index contributed by atoms with van der Waals surface area (Å²) in [5, 5.41) is 12.6. The maximum Gasteiger partial charge on any atom is 0.278 e. The Morgan fingerprint density at radius 1 is 1.60 bits per heavy atom. The molecule has 108 valence electrons. The number of aromatic nitrogens is 4. The van der Waals surface area contributed by atoms with Gasteiger partial charge in [0, 0.05) is 26.1 Å². The van der Waals surface area contributed by atoms with E-state index >= 15 is 0 Å². The second-order valence-electron chi connectivity index (χ2n) is 4.27. The van der Waals surface area contributed by atoms with Crippen molar-refractivity contribution in [1.82, 2.24) is 20.0 Å². The highest BCUT2D eigenvalue weighted by atomic mass is 19.3. The van der Waals surface area contributed by atoms with Crippen LogP contribution in [0, 0.1) is 0 Å². The number of carbonyl (C=O) groups excluding carboxylic acids is 1. The first kappa shape index (κ1) is 14.0. The summed E-state index contributed by atoms with van der Waals surface area (Å²) in [6.07, 6.45) is 1.48.